The Morgan fingerprint density at radius 2 is 1.94 bits per heavy atom. The summed E-state index contributed by atoms with van der Waals surface area (Å²) >= 11 is 1.88. The molecular weight excluding hydrogens is 216 g/mol. The van der Waals surface area contributed by atoms with E-state index in [0.29, 0.717) is 6.04 Å². The van der Waals surface area contributed by atoms with Gasteiger partial charge in [0.2, 0.25) is 0 Å². The zero-order valence-electron chi connectivity index (χ0n) is 10.4. The first-order valence-corrected chi connectivity index (χ1v) is 7.04. The van der Waals surface area contributed by atoms with E-state index in [4.69, 9.17) is 5.73 Å². The van der Waals surface area contributed by atoms with Crippen molar-refractivity contribution < 1.29 is 0 Å². The average molecular weight is 238 g/mol. The Hall–Kier alpha value is -0.510. The Bertz CT molecular complexity index is 289. The first kappa shape index (κ1) is 13.6. The maximum atomic E-state index is 6.18. The first-order chi connectivity index (χ1) is 7.65. The van der Waals surface area contributed by atoms with Crippen LogP contribution in [0.15, 0.2) is 30.3 Å². The highest BCUT2D eigenvalue weighted by Gasteiger charge is 2.13. The van der Waals surface area contributed by atoms with Crippen LogP contribution in [0.25, 0.3) is 0 Å². The predicted molar refractivity (Wildman–Crippen MR) is 73.8 cm³/mol. The van der Waals surface area contributed by atoms with Crippen LogP contribution in [0.4, 0.5) is 0 Å². The van der Waals surface area contributed by atoms with Gasteiger partial charge in [0, 0.05) is 24.4 Å². The highest BCUT2D eigenvalue weighted by atomic mass is 32.2. The zero-order chi connectivity index (χ0) is 12.0. The number of benzene rings is 1. The summed E-state index contributed by atoms with van der Waals surface area (Å²) in [5.41, 5.74) is 7.40. The molecule has 2 atom stereocenters. The summed E-state index contributed by atoms with van der Waals surface area (Å²) in [6, 6.07) is 11.0. The average Bonchev–Trinajstić information content (AvgIpc) is 2.30. The van der Waals surface area contributed by atoms with Gasteiger partial charge in [0.1, 0.15) is 0 Å². The van der Waals surface area contributed by atoms with Crippen molar-refractivity contribution in [2.75, 3.05) is 25.6 Å². The fourth-order valence-corrected chi connectivity index (χ4v) is 2.40. The minimum atomic E-state index is 0.107. The molecule has 90 valence electrons. The number of nitrogens with two attached hydrogens (primary N) is 1. The topological polar surface area (TPSA) is 29.3 Å². The fraction of sp³-hybridized carbons (Fsp3) is 0.538. The van der Waals surface area contributed by atoms with Crippen LogP contribution in [-0.4, -0.2) is 36.5 Å². The van der Waals surface area contributed by atoms with Gasteiger partial charge in [-0.3, -0.25) is 0 Å². The lowest BCUT2D eigenvalue weighted by Crippen LogP contribution is -2.36. The van der Waals surface area contributed by atoms with Crippen molar-refractivity contribution in [3.05, 3.63) is 35.9 Å². The van der Waals surface area contributed by atoms with Crippen LogP contribution < -0.4 is 5.73 Å². The van der Waals surface area contributed by atoms with E-state index in [2.05, 4.69) is 37.3 Å². The third-order valence-corrected chi connectivity index (χ3v) is 3.69. The van der Waals surface area contributed by atoms with Crippen molar-refractivity contribution >= 4 is 11.8 Å². The minimum absolute atomic E-state index is 0.107. The molecule has 0 saturated heterocycles. The molecule has 2 N–H and O–H groups in total. The van der Waals surface area contributed by atoms with Gasteiger partial charge >= 0.3 is 0 Å². The highest BCUT2D eigenvalue weighted by molar-refractivity contribution is 7.98. The maximum absolute atomic E-state index is 6.18. The van der Waals surface area contributed by atoms with Gasteiger partial charge in [-0.1, -0.05) is 30.3 Å². The Morgan fingerprint density at radius 3 is 2.50 bits per heavy atom. The van der Waals surface area contributed by atoms with Gasteiger partial charge in [0.15, 0.2) is 0 Å². The van der Waals surface area contributed by atoms with Crippen molar-refractivity contribution in [1.82, 2.24) is 4.90 Å². The van der Waals surface area contributed by atoms with E-state index < -0.39 is 0 Å². The van der Waals surface area contributed by atoms with Crippen molar-refractivity contribution in [2.45, 2.75) is 19.0 Å². The van der Waals surface area contributed by atoms with E-state index in [1.807, 2.05) is 30.0 Å². The molecule has 2 nitrogen and oxygen atoms in total. The minimum Gasteiger partial charge on any atom is -0.323 e. The van der Waals surface area contributed by atoms with Crippen molar-refractivity contribution in [3.8, 4) is 0 Å². The molecule has 0 bridgehead atoms. The summed E-state index contributed by atoms with van der Waals surface area (Å²) in [5, 5.41) is 0. The summed E-state index contributed by atoms with van der Waals surface area (Å²) in [4.78, 5) is 2.33. The molecule has 0 spiro atoms. The summed E-state index contributed by atoms with van der Waals surface area (Å²) in [5.74, 6) is 1.15. The monoisotopic (exact) mass is 238 g/mol. The second-order valence-electron chi connectivity index (χ2n) is 4.26. The van der Waals surface area contributed by atoms with Gasteiger partial charge in [-0.15, -0.1) is 0 Å². The third kappa shape index (κ3) is 4.16. The van der Waals surface area contributed by atoms with E-state index >= 15 is 0 Å². The second-order valence-corrected chi connectivity index (χ2v) is 5.17. The molecular formula is C13H22N2S. The quantitative estimate of drug-likeness (QED) is 0.825. The van der Waals surface area contributed by atoms with Gasteiger partial charge < -0.3 is 10.6 Å². The standard InChI is InChI=1S/C13H22N2S/c1-11(10-16-3)15(2)9-13(14)12-7-5-4-6-8-12/h4-8,11,13H,9-10,14H2,1-3H3. The molecule has 0 amide bonds. The van der Waals surface area contributed by atoms with Gasteiger partial charge in [-0.2, -0.15) is 11.8 Å². The molecule has 0 radical (unpaired) electrons. The Kier molecular flexibility index (Phi) is 5.88. The van der Waals surface area contributed by atoms with Crippen LogP contribution in [0.3, 0.4) is 0 Å². The molecule has 1 aromatic carbocycles. The number of hydrogen-bond donors (Lipinski definition) is 1. The smallest absolute Gasteiger partial charge is 0.0424 e. The molecule has 0 aliphatic rings. The first-order valence-electron chi connectivity index (χ1n) is 5.65. The molecule has 0 aliphatic heterocycles. The van der Waals surface area contributed by atoms with Crippen LogP contribution in [0.1, 0.15) is 18.5 Å². The maximum Gasteiger partial charge on any atom is 0.0424 e. The number of rotatable bonds is 6. The Morgan fingerprint density at radius 1 is 1.31 bits per heavy atom. The lowest BCUT2D eigenvalue weighted by atomic mass is 10.1. The second kappa shape index (κ2) is 6.94. The van der Waals surface area contributed by atoms with Crippen LogP contribution in [0.2, 0.25) is 0 Å². The lowest BCUT2D eigenvalue weighted by molar-refractivity contribution is 0.261. The Balaban J connectivity index is 2.48. The lowest BCUT2D eigenvalue weighted by Gasteiger charge is -2.27. The summed E-state index contributed by atoms with van der Waals surface area (Å²) in [6.45, 7) is 3.15. The van der Waals surface area contributed by atoms with Crippen molar-refractivity contribution in [2.24, 2.45) is 5.73 Å². The normalized spacial score (nSPS) is 15.1. The molecule has 0 aliphatic carbocycles. The molecule has 2 unspecified atom stereocenters. The third-order valence-electron chi connectivity index (χ3n) is 2.87. The molecule has 0 aromatic heterocycles. The molecule has 1 aromatic rings. The molecule has 0 fully saturated rings. The number of nitrogens with zero attached hydrogens (tertiary/aromatic N) is 1. The number of thioether (sulfide) groups is 1. The summed E-state index contributed by atoms with van der Waals surface area (Å²) in [7, 11) is 2.14. The van der Waals surface area contributed by atoms with Gasteiger partial charge in [0.25, 0.3) is 0 Å². The van der Waals surface area contributed by atoms with Gasteiger partial charge in [-0.25, -0.2) is 0 Å². The van der Waals surface area contributed by atoms with Crippen LogP contribution >= 0.6 is 11.8 Å². The Labute approximate surface area is 103 Å². The molecule has 16 heavy (non-hydrogen) atoms. The van der Waals surface area contributed by atoms with E-state index in [9.17, 15) is 0 Å². The number of likely N-dealkylation sites (N-methyl/N-ethyl adjacent to an activating group) is 1. The highest BCUT2D eigenvalue weighted by Crippen LogP contribution is 2.12. The van der Waals surface area contributed by atoms with Crippen LogP contribution in [-0.2, 0) is 0 Å². The van der Waals surface area contributed by atoms with Crippen LogP contribution in [0.5, 0.6) is 0 Å². The summed E-state index contributed by atoms with van der Waals surface area (Å²) in [6.07, 6.45) is 2.14. The molecule has 0 saturated carbocycles. The SMILES string of the molecule is CSCC(C)N(C)CC(N)c1ccccc1. The molecule has 3 heteroatoms. The number of hydrogen-bond acceptors (Lipinski definition) is 3. The van der Waals surface area contributed by atoms with E-state index in [1.54, 1.807) is 0 Å². The van der Waals surface area contributed by atoms with Crippen molar-refractivity contribution in [3.63, 3.8) is 0 Å². The zero-order valence-corrected chi connectivity index (χ0v) is 11.2. The fourth-order valence-electron chi connectivity index (χ4n) is 1.66. The predicted octanol–water partition coefficient (Wildman–Crippen LogP) is 2.37. The van der Waals surface area contributed by atoms with Crippen molar-refractivity contribution in [1.29, 1.82) is 0 Å². The van der Waals surface area contributed by atoms with E-state index in [0.717, 1.165) is 12.3 Å². The summed E-state index contributed by atoms with van der Waals surface area (Å²) < 4.78 is 0. The van der Waals surface area contributed by atoms with E-state index in [-0.39, 0.29) is 6.04 Å². The van der Waals surface area contributed by atoms with Gasteiger partial charge in [0.05, 0.1) is 0 Å². The van der Waals surface area contributed by atoms with Gasteiger partial charge in [-0.05, 0) is 25.8 Å². The van der Waals surface area contributed by atoms with Crippen LogP contribution in [0, 0.1) is 0 Å². The molecule has 1 rings (SSSR count). The van der Waals surface area contributed by atoms with E-state index in [1.165, 1.54) is 5.56 Å². The largest absolute Gasteiger partial charge is 0.323 e. The molecule has 0 heterocycles.